The first-order valence-electron chi connectivity index (χ1n) is 2.97. The highest BCUT2D eigenvalue weighted by atomic mass is 15.2. The van der Waals surface area contributed by atoms with Crippen LogP contribution in [-0.2, 0) is 0 Å². The lowest BCUT2D eigenvalue weighted by atomic mass is 10.2. The van der Waals surface area contributed by atoms with E-state index in [2.05, 4.69) is 19.2 Å². The average molecular weight is 112 g/mol. The van der Waals surface area contributed by atoms with Crippen LogP contribution in [0.3, 0.4) is 0 Å². The maximum Gasteiger partial charge on any atom is 0.115 e. The van der Waals surface area contributed by atoms with Crippen molar-refractivity contribution >= 4 is 0 Å². The average Bonchev–Trinajstić information content (AvgIpc) is 2.45. The summed E-state index contributed by atoms with van der Waals surface area (Å²) in [6.07, 6.45) is 1.28. The number of hydrogen-bond donors (Lipinski definition) is 2. The van der Waals surface area contributed by atoms with Gasteiger partial charge in [-0.15, -0.1) is 0 Å². The van der Waals surface area contributed by atoms with Crippen LogP contribution in [0.1, 0.15) is 20.3 Å². The van der Waals surface area contributed by atoms with Gasteiger partial charge in [-0.2, -0.15) is 0 Å². The summed E-state index contributed by atoms with van der Waals surface area (Å²) in [6, 6.07) is 0. The van der Waals surface area contributed by atoms with Gasteiger partial charge in [-0.3, -0.25) is 0 Å². The highest BCUT2D eigenvalue weighted by molar-refractivity contribution is 5.27. The topological polar surface area (TPSA) is 48.0 Å². The van der Waals surface area contributed by atoms with Crippen molar-refractivity contribution in [1.82, 2.24) is 5.32 Å². The van der Waals surface area contributed by atoms with E-state index in [0.29, 0.717) is 0 Å². The monoisotopic (exact) mass is 112 g/mol. The Morgan fingerprint density at radius 3 is 2.50 bits per heavy atom. The van der Waals surface area contributed by atoms with Gasteiger partial charge in [0, 0.05) is 5.70 Å². The highest BCUT2D eigenvalue weighted by Crippen LogP contribution is 2.16. The van der Waals surface area contributed by atoms with Gasteiger partial charge in [0.25, 0.3) is 0 Å². The molecule has 0 spiro atoms. The Kier molecular flexibility index (Phi) is 1.26. The van der Waals surface area contributed by atoms with Gasteiger partial charge in [0.15, 0.2) is 0 Å². The van der Waals surface area contributed by atoms with E-state index in [-0.39, 0.29) is 6.17 Å². The zero-order valence-electron chi connectivity index (χ0n) is 5.36. The minimum atomic E-state index is 0.176. The zero-order chi connectivity index (χ0) is 6.15. The van der Waals surface area contributed by atoms with Crippen LogP contribution in [0, 0.1) is 0 Å². The van der Waals surface area contributed by atoms with Crippen molar-refractivity contribution in [3.8, 4) is 0 Å². The summed E-state index contributed by atoms with van der Waals surface area (Å²) in [4.78, 5) is 0. The third kappa shape index (κ3) is 0.842. The number of allylic oxidation sites excluding steroid dienone is 1. The molecule has 1 fully saturated rings. The van der Waals surface area contributed by atoms with Crippen LogP contribution in [0.25, 0.3) is 0 Å². The van der Waals surface area contributed by atoms with Crippen molar-refractivity contribution in [3.63, 3.8) is 0 Å². The highest BCUT2D eigenvalue weighted by Gasteiger charge is 2.24. The minimum Gasteiger partial charge on any atom is -0.366 e. The molecular weight excluding hydrogens is 100 g/mol. The third-order valence-corrected chi connectivity index (χ3v) is 1.53. The molecule has 1 rings (SSSR count). The molecule has 2 heteroatoms. The lowest BCUT2D eigenvalue weighted by Crippen LogP contribution is -2.02. The van der Waals surface area contributed by atoms with Gasteiger partial charge >= 0.3 is 0 Å². The fourth-order valence-electron chi connectivity index (χ4n) is 0.705. The van der Waals surface area contributed by atoms with Crippen LogP contribution in [0.4, 0.5) is 0 Å². The number of nitrogens with one attached hydrogen (secondary N) is 1. The quantitative estimate of drug-likeness (QED) is 0.487. The molecule has 3 N–H and O–H groups in total. The second-order valence-corrected chi connectivity index (χ2v) is 2.17. The second-order valence-electron chi connectivity index (χ2n) is 2.17. The SMILES string of the molecule is CC/C(C)=C1\NC1N. The van der Waals surface area contributed by atoms with E-state index >= 15 is 0 Å². The first-order chi connectivity index (χ1) is 3.75. The molecule has 1 aliphatic rings. The molecule has 1 unspecified atom stereocenters. The zero-order valence-corrected chi connectivity index (χ0v) is 5.36. The molecule has 0 aromatic heterocycles. The van der Waals surface area contributed by atoms with E-state index < -0.39 is 0 Å². The van der Waals surface area contributed by atoms with Crippen LogP contribution in [0.15, 0.2) is 11.3 Å². The molecule has 0 saturated carbocycles. The van der Waals surface area contributed by atoms with Crippen molar-refractivity contribution in [2.75, 3.05) is 0 Å². The molecule has 1 saturated heterocycles. The fraction of sp³-hybridized carbons (Fsp3) is 0.667. The summed E-state index contributed by atoms with van der Waals surface area (Å²) in [5.41, 5.74) is 8.10. The van der Waals surface area contributed by atoms with Crippen molar-refractivity contribution in [3.05, 3.63) is 11.3 Å². The number of hydrogen-bond acceptors (Lipinski definition) is 2. The van der Waals surface area contributed by atoms with E-state index in [1.54, 1.807) is 0 Å². The van der Waals surface area contributed by atoms with E-state index in [0.717, 1.165) is 6.42 Å². The molecule has 1 atom stereocenters. The summed E-state index contributed by atoms with van der Waals surface area (Å²) in [6.45, 7) is 4.24. The Balaban J connectivity index is 2.53. The summed E-state index contributed by atoms with van der Waals surface area (Å²) >= 11 is 0. The van der Waals surface area contributed by atoms with Gasteiger partial charge in [-0.05, 0) is 13.3 Å². The molecule has 0 bridgehead atoms. The largest absolute Gasteiger partial charge is 0.366 e. The number of nitrogens with two attached hydrogens (primary N) is 1. The van der Waals surface area contributed by atoms with E-state index in [1.807, 2.05) is 0 Å². The molecule has 0 amide bonds. The van der Waals surface area contributed by atoms with Gasteiger partial charge in [-0.1, -0.05) is 12.5 Å². The molecule has 46 valence electrons. The molecule has 1 heterocycles. The summed E-state index contributed by atoms with van der Waals surface area (Å²) in [5, 5.41) is 3.04. The molecule has 8 heavy (non-hydrogen) atoms. The van der Waals surface area contributed by atoms with Crippen LogP contribution in [0.2, 0.25) is 0 Å². The van der Waals surface area contributed by atoms with Crippen molar-refractivity contribution in [2.45, 2.75) is 26.4 Å². The molecule has 0 aromatic rings. The molecule has 2 nitrogen and oxygen atoms in total. The summed E-state index contributed by atoms with van der Waals surface area (Å²) in [5.74, 6) is 0. The minimum absolute atomic E-state index is 0.176. The van der Waals surface area contributed by atoms with Crippen LogP contribution in [-0.4, -0.2) is 6.17 Å². The fourth-order valence-corrected chi connectivity index (χ4v) is 0.705. The van der Waals surface area contributed by atoms with E-state index in [4.69, 9.17) is 5.73 Å². The maximum absolute atomic E-state index is 5.47. The van der Waals surface area contributed by atoms with Crippen LogP contribution < -0.4 is 11.1 Å². The molecule has 1 aliphatic heterocycles. The first kappa shape index (κ1) is 5.63. The molecule has 0 aromatic carbocycles. The van der Waals surface area contributed by atoms with Crippen molar-refractivity contribution < 1.29 is 0 Å². The predicted molar refractivity (Wildman–Crippen MR) is 34.1 cm³/mol. The van der Waals surface area contributed by atoms with Crippen LogP contribution >= 0.6 is 0 Å². The van der Waals surface area contributed by atoms with Gasteiger partial charge in [0.05, 0.1) is 0 Å². The Bertz CT molecular complexity index is 122. The molecular formula is C6H12N2. The van der Waals surface area contributed by atoms with Crippen molar-refractivity contribution in [2.24, 2.45) is 5.73 Å². The van der Waals surface area contributed by atoms with Gasteiger partial charge in [-0.25, -0.2) is 0 Å². The summed E-state index contributed by atoms with van der Waals surface area (Å²) in [7, 11) is 0. The van der Waals surface area contributed by atoms with Gasteiger partial charge in [0.2, 0.25) is 0 Å². The first-order valence-corrected chi connectivity index (χ1v) is 2.97. The lowest BCUT2D eigenvalue weighted by molar-refractivity contribution is 1.03. The number of rotatable bonds is 1. The Labute approximate surface area is 49.8 Å². The van der Waals surface area contributed by atoms with Crippen LogP contribution in [0.5, 0.6) is 0 Å². The maximum atomic E-state index is 5.47. The second kappa shape index (κ2) is 1.78. The Morgan fingerprint density at radius 2 is 2.38 bits per heavy atom. The van der Waals surface area contributed by atoms with E-state index in [9.17, 15) is 0 Å². The van der Waals surface area contributed by atoms with E-state index in [1.165, 1.54) is 11.3 Å². The molecule has 0 aliphatic carbocycles. The molecule has 0 radical (unpaired) electrons. The smallest absolute Gasteiger partial charge is 0.115 e. The Morgan fingerprint density at radius 1 is 1.88 bits per heavy atom. The normalized spacial score (nSPS) is 31.6. The Hall–Kier alpha value is -0.500. The standard InChI is InChI=1S/C6H12N2/c1-3-4(2)5-6(7)8-5/h6,8H,3,7H2,1-2H3/b5-4-. The third-order valence-electron chi connectivity index (χ3n) is 1.53. The summed E-state index contributed by atoms with van der Waals surface area (Å²) < 4.78 is 0. The van der Waals surface area contributed by atoms with Crippen molar-refractivity contribution in [1.29, 1.82) is 0 Å². The predicted octanol–water partition coefficient (Wildman–Crippen LogP) is 0.558. The lowest BCUT2D eigenvalue weighted by Gasteiger charge is -1.86. The van der Waals surface area contributed by atoms with Gasteiger partial charge < -0.3 is 11.1 Å². The van der Waals surface area contributed by atoms with Gasteiger partial charge in [0.1, 0.15) is 6.17 Å².